The molecule has 0 N–H and O–H groups in total. The molecule has 1 aliphatic rings. The molecule has 0 radical (unpaired) electrons. The second-order valence-corrected chi connectivity index (χ2v) is 9.61. The number of hydrogen-bond acceptors (Lipinski definition) is 4. The average Bonchev–Trinajstić information content (AvgIpc) is 3.43. The van der Waals surface area contributed by atoms with Crippen LogP contribution in [0.25, 0.3) is 16.8 Å². The topological polar surface area (TPSA) is 74.0 Å². The lowest BCUT2D eigenvalue weighted by Crippen LogP contribution is -2.19. The normalized spacial score (nSPS) is 14.4. The Morgan fingerprint density at radius 3 is 2.64 bits per heavy atom. The van der Waals surface area contributed by atoms with Crippen LogP contribution in [0.1, 0.15) is 26.2 Å². The maximum absolute atomic E-state index is 12.4. The summed E-state index contributed by atoms with van der Waals surface area (Å²) < 4.78 is 28.1. The standard InChI is InChI=1S/C20H20ClN3O3S/c1-2-9-23-13-15(3-8-20(23)25)24-12-14(11-22-24)18-7-6-17(10-19(18)21)28(26,27)16-4-5-16/h3,6-8,10-13,16H,2,4-5,9H2,1H3. The fourth-order valence-electron chi connectivity index (χ4n) is 3.15. The molecule has 0 saturated heterocycles. The number of aromatic nitrogens is 3. The van der Waals surface area contributed by atoms with Gasteiger partial charge in [0.25, 0.3) is 5.56 Å². The fourth-order valence-corrected chi connectivity index (χ4v) is 5.19. The Morgan fingerprint density at radius 1 is 1.18 bits per heavy atom. The van der Waals surface area contributed by atoms with E-state index in [0.29, 0.717) is 30.0 Å². The molecule has 6 nitrogen and oxygen atoms in total. The average molecular weight is 418 g/mol. The van der Waals surface area contributed by atoms with Crippen molar-refractivity contribution in [1.29, 1.82) is 0 Å². The summed E-state index contributed by atoms with van der Waals surface area (Å²) in [6.07, 6.45) is 7.55. The molecule has 0 bridgehead atoms. The first-order valence-electron chi connectivity index (χ1n) is 9.19. The predicted octanol–water partition coefficient (Wildman–Crippen LogP) is 3.70. The van der Waals surface area contributed by atoms with Gasteiger partial charge in [-0.1, -0.05) is 24.6 Å². The van der Waals surface area contributed by atoms with Gasteiger partial charge in [0, 0.05) is 41.2 Å². The Hall–Kier alpha value is -2.38. The van der Waals surface area contributed by atoms with Crippen LogP contribution in [0, 0.1) is 0 Å². The van der Waals surface area contributed by atoms with E-state index in [1.807, 2.05) is 13.1 Å². The van der Waals surface area contributed by atoms with E-state index >= 15 is 0 Å². The van der Waals surface area contributed by atoms with Gasteiger partial charge in [-0.3, -0.25) is 4.79 Å². The van der Waals surface area contributed by atoms with Gasteiger partial charge in [0.05, 0.1) is 22.0 Å². The van der Waals surface area contributed by atoms with Crippen LogP contribution in [0.15, 0.2) is 58.6 Å². The van der Waals surface area contributed by atoms with Crippen LogP contribution in [-0.4, -0.2) is 28.0 Å². The number of aryl methyl sites for hydroxylation is 1. The summed E-state index contributed by atoms with van der Waals surface area (Å²) in [5.74, 6) is 0. The molecule has 0 unspecified atom stereocenters. The molecule has 0 spiro atoms. The first-order chi connectivity index (χ1) is 13.4. The van der Waals surface area contributed by atoms with Crippen molar-refractivity contribution in [3.8, 4) is 16.8 Å². The van der Waals surface area contributed by atoms with Gasteiger partial charge in [0.15, 0.2) is 9.84 Å². The van der Waals surface area contributed by atoms with E-state index in [2.05, 4.69) is 5.10 Å². The quantitative estimate of drug-likeness (QED) is 0.612. The third kappa shape index (κ3) is 3.52. The van der Waals surface area contributed by atoms with Crippen LogP contribution in [0.4, 0.5) is 0 Å². The van der Waals surface area contributed by atoms with Crippen molar-refractivity contribution in [2.75, 3.05) is 0 Å². The molecule has 28 heavy (non-hydrogen) atoms. The van der Waals surface area contributed by atoms with Gasteiger partial charge in [-0.2, -0.15) is 5.10 Å². The largest absolute Gasteiger partial charge is 0.313 e. The van der Waals surface area contributed by atoms with Crippen molar-refractivity contribution in [2.24, 2.45) is 0 Å². The maximum atomic E-state index is 12.4. The van der Waals surface area contributed by atoms with E-state index in [-0.39, 0.29) is 15.7 Å². The van der Waals surface area contributed by atoms with Gasteiger partial charge < -0.3 is 4.57 Å². The van der Waals surface area contributed by atoms with E-state index in [1.54, 1.807) is 39.8 Å². The van der Waals surface area contributed by atoms with Gasteiger partial charge in [-0.15, -0.1) is 0 Å². The Kier molecular flexibility index (Phi) is 4.89. The summed E-state index contributed by atoms with van der Waals surface area (Å²) in [6, 6.07) is 8.09. The highest BCUT2D eigenvalue weighted by atomic mass is 35.5. The molecule has 2 heterocycles. The minimum absolute atomic E-state index is 0.0477. The molecule has 146 valence electrons. The summed E-state index contributed by atoms with van der Waals surface area (Å²) in [5.41, 5.74) is 2.20. The molecule has 1 aromatic carbocycles. The van der Waals surface area contributed by atoms with Crippen LogP contribution in [0.5, 0.6) is 0 Å². The lowest BCUT2D eigenvalue weighted by Gasteiger charge is -2.07. The van der Waals surface area contributed by atoms with Crippen LogP contribution >= 0.6 is 11.6 Å². The maximum Gasteiger partial charge on any atom is 0.250 e. The molecule has 8 heteroatoms. The van der Waals surface area contributed by atoms with Crippen molar-refractivity contribution in [1.82, 2.24) is 14.3 Å². The summed E-state index contributed by atoms with van der Waals surface area (Å²) in [5, 5.41) is 4.47. The van der Waals surface area contributed by atoms with Crippen LogP contribution in [-0.2, 0) is 16.4 Å². The zero-order chi connectivity index (χ0) is 19.9. The van der Waals surface area contributed by atoms with Crippen molar-refractivity contribution < 1.29 is 8.42 Å². The van der Waals surface area contributed by atoms with Crippen molar-refractivity contribution in [3.05, 3.63) is 64.3 Å². The van der Waals surface area contributed by atoms with E-state index in [1.165, 1.54) is 12.1 Å². The molecule has 0 aliphatic heterocycles. The van der Waals surface area contributed by atoms with E-state index in [4.69, 9.17) is 11.6 Å². The number of hydrogen-bond donors (Lipinski definition) is 0. The highest BCUT2D eigenvalue weighted by Gasteiger charge is 2.37. The first kappa shape index (κ1) is 19.0. The van der Waals surface area contributed by atoms with Crippen molar-refractivity contribution >= 4 is 21.4 Å². The number of pyridine rings is 1. The van der Waals surface area contributed by atoms with Crippen LogP contribution < -0.4 is 5.56 Å². The Morgan fingerprint density at radius 2 is 1.96 bits per heavy atom. The lowest BCUT2D eigenvalue weighted by atomic mass is 10.1. The first-order valence-corrected chi connectivity index (χ1v) is 11.1. The zero-order valence-electron chi connectivity index (χ0n) is 15.4. The van der Waals surface area contributed by atoms with Crippen LogP contribution in [0.3, 0.4) is 0 Å². The molecule has 3 aromatic rings. The highest BCUT2D eigenvalue weighted by Crippen LogP contribution is 2.36. The fraction of sp³-hybridized carbons (Fsp3) is 0.300. The van der Waals surface area contributed by atoms with Crippen molar-refractivity contribution in [2.45, 2.75) is 42.9 Å². The second-order valence-electron chi connectivity index (χ2n) is 6.98. The molecule has 1 fully saturated rings. The Labute approximate surface area is 168 Å². The predicted molar refractivity (Wildman–Crippen MR) is 109 cm³/mol. The summed E-state index contributed by atoms with van der Waals surface area (Å²) in [6.45, 7) is 2.66. The van der Waals surface area contributed by atoms with Gasteiger partial charge in [0.1, 0.15) is 0 Å². The molecule has 0 atom stereocenters. The molecular formula is C20H20ClN3O3S. The second kappa shape index (κ2) is 7.22. The smallest absolute Gasteiger partial charge is 0.250 e. The molecule has 1 aliphatic carbocycles. The molecule has 4 rings (SSSR count). The third-order valence-corrected chi connectivity index (χ3v) is 7.40. The monoisotopic (exact) mass is 417 g/mol. The van der Waals surface area contributed by atoms with Gasteiger partial charge in [-0.05, 0) is 37.5 Å². The van der Waals surface area contributed by atoms with Gasteiger partial charge in [-0.25, -0.2) is 13.1 Å². The number of rotatable bonds is 6. The number of halogens is 1. The van der Waals surface area contributed by atoms with Gasteiger partial charge in [0.2, 0.25) is 0 Å². The Balaban J connectivity index is 1.66. The van der Waals surface area contributed by atoms with E-state index < -0.39 is 9.84 Å². The highest BCUT2D eigenvalue weighted by molar-refractivity contribution is 7.92. The van der Waals surface area contributed by atoms with E-state index in [9.17, 15) is 13.2 Å². The molecule has 2 aromatic heterocycles. The number of sulfone groups is 1. The van der Waals surface area contributed by atoms with Crippen molar-refractivity contribution in [3.63, 3.8) is 0 Å². The minimum Gasteiger partial charge on any atom is -0.313 e. The summed E-state index contributed by atoms with van der Waals surface area (Å²) >= 11 is 6.39. The summed E-state index contributed by atoms with van der Waals surface area (Å²) in [4.78, 5) is 12.2. The molecule has 0 amide bonds. The Bertz CT molecular complexity index is 1190. The van der Waals surface area contributed by atoms with Crippen LogP contribution in [0.2, 0.25) is 5.02 Å². The third-order valence-electron chi connectivity index (χ3n) is 4.82. The van der Waals surface area contributed by atoms with Gasteiger partial charge >= 0.3 is 0 Å². The molecule has 1 saturated carbocycles. The zero-order valence-corrected chi connectivity index (χ0v) is 16.9. The number of nitrogens with zero attached hydrogens (tertiary/aromatic N) is 3. The SMILES string of the molecule is CCCn1cc(-n2cc(-c3ccc(S(=O)(=O)C4CC4)cc3Cl)cn2)ccc1=O. The lowest BCUT2D eigenvalue weighted by molar-refractivity contribution is 0.595. The number of benzene rings is 1. The summed E-state index contributed by atoms with van der Waals surface area (Å²) in [7, 11) is -3.28. The minimum atomic E-state index is -3.28. The van der Waals surface area contributed by atoms with E-state index in [0.717, 1.165) is 17.7 Å². The molecular weight excluding hydrogens is 398 g/mol.